The number of guanidine groups is 1. The maximum atomic E-state index is 15.6. The first kappa shape index (κ1) is 27.6. The number of alkyl halides is 1. The van der Waals surface area contributed by atoms with Gasteiger partial charge < -0.3 is 20.7 Å². The van der Waals surface area contributed by atoms with E-state index in [1.165, 1.54) is 18.2 Å². The summed E-state index contributed by atoms with van der Waals surface area (Å²) in [5.74, 6) is 0.133. The Morgan fingerprint density at radius 2 is 2.05 bits per heavy atom. The standard InChI is InChI=1S/C26H30F2N8O3S/c1-15-14-39-11-10-36(15)25-23-21(33-24(34-25)18-13-30-26(29)31-16(18)2)8-7-19(32-23)17-5-3-6-20(22(17)28)35-40(37,38)12-4-9-27/h3,5-8,15,35H,4,9-14H2,1-2H3,(H3,29,30,31)/t15-/m0/s1. The minimum absolute atomic E-state index is 0.00262. The van der Waals surface area contributed by atoms with Gasteiger partial charge in [0.2, 0.25) is 10.0 Å². The van der Waals surface area contributed by atoms with Crippen LogP contribution >= 0.6 is 0 Å². The number of allylic oxidation sites excluding steroid dienone is 1. The molecule has 0 spiro atoms. The van der Waals surface area contributed by atoms with E-state index in [1.54, 1.807) is 12.1 Å². The lowest BCUT2D eigenvalue weighted by atomic mass is 10.1. The number of sulfonamides is 1. The molecule has 2 aromatic heterocycles. The molecule has 0 unspecified atom stereocenters. The lowest BCUT2D eigenvalue weighted by Gasteiger charge is -2.34. The SMILES string of the molecule is CC1=C(c2nc(N3CCOC[C@@H]3C)c3nc(-c4cccc(NS(=O)(=O)CCCF)c4F)ccc3n2)CN=C(N)N1. The predicted molar refractivity (Wildman–Crippen MR) is 151 cm³/mol. The Hall–Kier alpha value is -3.91. The number of hydrogen-bond donors (Lipinski definition) is 3. The molecule has 5 rings (SSSR count). The molecule has 0 aliphatic carbocycles. The number of hydrogen-bond acceptors (Lipinski definition) is 10. The fraction of sp³-hybridized carbons (Fsp3) is 0.385. The maximum Gasteiger partial charge on any atom is 0.232 e. The highest BCUT2D eigenvalue weighted by Crippen LogP contribution is 2.33. The van der Waals surface area contributed by atoms with Gasteiger partial charge in [0, 0.05) is 23.4 Å². The van der Waals surface area contributed by atoms with Gasteiger partial charge in [-0.2, -0.15) is 0 Å². The van der Waals surface area contributed by atoms with Crippen molar-refractivity contribution in [2.45, 2.75) is 26.3 Å². The molecule has 40 heavy (non-hydrogen) atoms. The zero-order valence-electron chi connectivity index (χ0n) is 22.1. The number of halogens is 2. The molecule has 0 radical (unpaired) electrons. The summed E-state index contributed by atoms with van der Waals surface area (Å²) in [5.41, 5.74) is 8.56. The lowest BCUT2D eigenvalue weighted by Crippen LogP contribution is -2.44. The van der Waals surface area contributed by atoms with E-state index in [1.807, 2.05) is 13.8 Å². The number of rotatable bonds is 8. The van der Waals surface area contributed by atoms with Crippen molar-refractivity contribution in [2.75, 3.05) is 48.4 Å². The average Bonchev–Trinajstić information content (AvgIpc) is 2.92. The average molecular weight is 573 g/mol. The first-order chi connectivity index (χ1) is 19.2. The quantitative estimate of drug-likeness (QED) is 0.371. The summed E-state index contributed by atoms with van der Waals surface area (Å²) >= 11 is 0. The minimum atomic E-state index is -3.92. The van der Waals surface area contributed by atoms with Crippen LogP contribution in [0.4, 0.5) is 20.3 Å². The Kier molecular flexibility index (Phi) is 7.81. The van der Waals surface area contributed by atoms with Gasteiger partial charge in [-0.3, -0.25) is 9.11 Å². The molecule has 14 heteroatoms. The van der Waals surface area contributed by atoms with Crippen LogP contribution in [0.2, 0.25) is 0 Å². The molecule has 2 aliphatic heterocycles. The van der Waals surface area contributed by atoms with Gasteiger partial charge in [-0.1, -0.05) is 6.07 Å². The zero-order valence-corrected chi connectivity index (χ0v) is 22.9. The van der Waals surface area contributed by atoms with Crippen molar-refractivity contribution in [3.05, 3.63) is 47.7 Å². The number of nitrogens with two attached hydrogens (primary N) is 1. The van der Waals surface area contributed by atoms with Gasteiger partial charge in [-0.25, -0.2) is 32.8 Å². The van der Waals surface area contributed by atoms with Gasteiger partial charge in [0.25, 0.3) is 0 Å². The molecular weight excluding hydrogens is 542 g/mol. The van der Waals surface area contributed by atoms with Crippen LogP contribution in [0, 0.1) is 5.82 Å². The molecule has 1 saturated heterocycles. The molecule has 1 fully saturated rings. The first-order valence-electron chi connectivity index (χ1n) is 12.8. The van der Waals surface area contributed by atoms with Crippen molar-refractivity contribution in [3.8, 4) is 11.3 Å². The summed E-state index contributed by atoms with van der Waals surface area (Å²) in [7, 11) is -3.92. The number of aliphatic imine (C=N–C) groups is 1. The maximum absolute atomic E-state index is 15.6. The van der Waals surface area contributed by atoms with Crippen LogP contribution in [0.15, 0.2) is 41.0 Å². The summed E-state index contributed by atoms with van der Waals surface area (Å²) in [5, 5.41) is 3.02. The number of benzene rings is 1. The van der Waals surface area contributed by atoms with Gasteiger partial charge in [-0.05, 0) is 44.5 Å². The van der Waals surface area contributed by atoms with Gasteiger partial charge in [0.1, 0.15) is 5.52 Å². The van der Waals surface area contributed by atoms with E-state index in [4.69, 9.17) is 25.4 Å². The van der Waals surface area contributed by atoms with E-state index in [2.05, 4.69) is 19.9 Å². The van der Waals surface area contributed by atoms with Crippen LogP contribution in [0.1, 0.15) is 26.1 Å². The summed E-state index contributed by atoms with van der Waals surface area (Å²) < 4.78 is 60.5. The molecule has 0 saturated carbocycles. The van der Waals surface area contributed by atoms with Crippen LogP contribution in [-0.4, -0.2) is 74.1 Å². The minimum Gasteiger partial charge on any atom is -0.377 e. The van der Waals surface area contributed by atoms with E-state index in [-0.39, 0.29) is 29.4 Å². The van der Waals surface area contributed by atoms with Gasteiger partial charge in [0.05, 0.1) is 55.1 Å². The van der Waals surface area contributed by atoms with Gasteiger partial charge >= 0.3 is 0 Å². The molecule has 2 aliphatic rings. The molecule has 1 aromatic carbocycles. The number of pyridine rings is 1. The summed E-state index contributed by atoms with van der Waals surface area (Å²) in [6.07, 6.45) is -0.181. The molecule has 3 aromatic rings. The highest BCUT2D eigenvalue weighted by molar-refractivity contribution is 7.92. The highest BCUT2D eigenvalue weighted by Gasteiger charge is 2.26. The topological polar surface area (TPSA) is 148 Å². The molecule has 0 amide bonds. The Labute approximate surface area is 230 Å². The molecule has 1 atom stereocenters. The number of morpholine rings is 1. The molecule has 212 valence electrons. The van der Waals surface area contributed by atoms with Crippen molar-refractivity contribution < 1.29 is 21.9 Å². The van der Waals surface area contributed by atoms with E-state index in [0.29, 0.717) is 54.9 Å². The Morgan fingerprint density at radius 3 is 2.80 bits per heavy atom. The van der Waals surface area contributed by atoms with E-state index in [9.17, 15) is 12.8 Å². The third-order valence-corrected chi connectivity index (χ3v) is 8.05. The van der Waals surface area contributed by atoms with Crippen LogP contribution in [0.25, 0.3) is 27.9 Å². The van der Waals surface area contributed by atoms with Crippen LogP contribution in [0.3, 0.4) is 0 Å². The molecular formula is C26H30F2N8O3S. The molecule has 11 nitrogen and oxygen atoms in total. The van der Waals surface area contributed by atoms with E-state index >= 15 is 4.39 Å². The van der Waals surface area contributed by atoms with Crippen LogP contribution in [-0.2, 0) is 14.8 Å². The van der Waals surface area contributed by atoms with E-state index in [0.717, 1.165) is 11.3 Å². The predicted octanol–water partition coefficient (Wildman–Crippen LogP) is 2.81. The van der Waals surface area contributed by atoms with Crippen molar-refractivity contribution in [3.63, 3.8) is 0 Å². The Balaban J connectivity index is 1.61. The number of nitrogens with zero attached hydrogens (tertiary/aromatic N) is 5. The van der Waals surface area contributed by atoms with Crippen LogP contribution < -0.4 is 20.7 Å². The lowest BCUT2D eigenvalue weighted by molar-refractivity contribution is 0.0986. The monoisotopic (exact) mass is 572 g/mol. The Bertz CT molecular complexity index is 1610. The van der Waals surface area contributed by atoms with Gasteiger partial charge in [-0.15, -0.1) is 0 Å². The molecule has 0 bridgehead atoms. The largest absolute Gasteiger partial charge is 0.377 e. The first-order valence-corrected chi connectivity index (χ1v) is 14.5. The second-order valence-corrected chi connectivity index (χ2v) is 11.5. The molecule has 4 N–H and O–H groups in total. The fourth-order valence-corrected chi connectivity index (χ4v) is 5.71. The number of ether oxygens (including phenoxy) is 1. The second kappa shape index (κ2) is 11.3. The molecule has 4 heterocycles. The number of aromatic nitrogens is 3. The summed E-state index contributed by atoms with van der Waals surface area (Å²) in [6.45, 7) is 5.02. The second-order valence-electron chi connectivity index (χ2n) is 9.61. The Morgan fingerprint density at radius 1 is 1.23 bits per heavy atom. The normalized spacial score (nSPS) is 18.1. The smallest absolute Gasteiger partial charge is 0.232 e. The summed E-state index contributed by atoms with van der Waals surface area (Å²) in [6, 6.07) is 7.71. The summed E-state index contributed by atoms with van der Waals surface area (Å²) in [4.78, 5) is 20.8. The van der Waals surface area contributed by atoms with E-state index < -0.39 is 28.3 Å². The van der Waals surface area contributed by atoms with Gasteiger partial charge in [0.15, 0.2) is 23.4 Å². The van der Waals surface area contributed by atoms with Crippen LogP contribution in [0.5, 0.6) is 0 Å². The zero-order chi connectivity index (χ0) is 28.4. The number of fused-ring (bicyclic) bond motifs is 1. The van der Waals surface area contributed by atoms with Crippen molar-refractivity contribution in [2.24, 2.45) is 10.7 Å². The third-order valence-electron chi connectivity index (χ3n) is 6.70. The third kappa shape index (κ3) is 5.68. The highest BCUT2D eigenvalue weighted by atomic mass is 32.2. The number of anilines is 2. The van der Waals surface area contributed by atoms with Crippen molar-refractivity contribution >= 4 is 44.1 Å². The fourth-order valence-electron chi connectivity index (χ4n) is 4.63. The number of nitrogens with one attached hydrogen (secondary N) is 2. The van der Waals surface area contributed by atoms with Crippen molar-refractivity contribution in [1.29, 1.82) is 0 Å². The van der Waals surface area contributed by atoms with Crippen molar-refractivity contribution in [1.82, 2.24) is 20.3 Å².